The molecule has 0 N–H and O–H groups in total. The molecule has 140 valence electrons. The number of ether oxygens (including phenoxy) is 1. The summed E-state index contributed by atoms with van der Waals surface area (Å²) in [6.07, 6.45) is 1.70. The molecule has 0 amide bonds. The van der Waals surface area contributed by atoms with Crippen molar-refractivity contribution in [3.63, 3.8) is 0 Å². The Morgan fingerprint density at radius 1 is 1.00 bits per heavy atom. The van der Waals surface area contributed by atoms with Crippen molar-refractivity contribution >= 4 is 27.0 Å². The van der Waals surface area contributed by atoms with Crippen LogP contribution in [0.25, 0.3) is 6.08 Å². The number of hydrogen-bond acceptors (Lipinski definition) is 5. The zero-order valence-corrected chi connectivity index (χ0v) is 15.9. The van der Waals surface area contributed by atoms with Gasteiger partial charge in [0.15, 0.2) is 5.78 Å². The van der Waals surface area contributed by atoms with Crippen LogP contribution in [-0.4, -0.2) is 19.5 Å². The average Bonchev–Trinajstić information content (AvgIpc) is 2.65. The first kappa shape index (κ1) is 19.0. The highest BCUT2D eigenvalue weighted by Crippen LogP contribution is 2.42. The molecule has 0 bridgehead atoms. The zero-order valence-electron chi connectivity index (χ0n) is 15.1. The molecule has 0 saturated heterocycles. The highest BCUT2D eigenvalue weighted by Gasteiger charge is 2.44. The molecule has 1 aliphatic carbocycles. The molecule has 2 aromatic carbocycles. The van der Waals surface area contributed by atoms with Crippen molar-refractivity contribution in [1.82, 2.24) is 0 Å². The van der Waals surface area contributed by atoms with Crippen molar-refractivity contribution in [2.24, 2.45) is 5.92 Å². The molecular weight excluding hydrogens is 364 g/mol. The first-order valence-electron chi connectivity index (χ1n) is 8.58. The number of sulfone groups is 1. The maximum absolute atomic E-state index is 13.0. The molecule has 0 spiro atoms. The molecule has 2 atom stereocenters. The van der Waals surface area contributed by atoms with E-state index in [9.17, 15) is 18.0 Å². The summed E-state index contributed by atoms with van der Waals surface area (Å²) in [5.41, 5.74) is 2.22. The Labute approximate surface area is 158 Å². The van der Waals surface area contributed by atoms with E-state index < -0.39 is 26.3 Å². The number of rotatable bonds is 4. The SMILES string of the molecule is CC(=O)C1=Cc2ccccc2C(S(=O)(=O)C(=O)OCc2ccccc2)[C@@H]1C. The third kappa shape index (κ3) is 3.71. The van der Waals surface area contributed by atoms with E-state index in [4.69, 9.17) is 4.74 Å². The second-order valence-electron chi connectivity index (χ2n) is 6.56. The fraction of sp³-hybridized carbons (Fsp3) is 0.238. The minimum Gasteiger partial charge on any atom is -0.449 e. The first-order chi connectivity index (χ1) is 12.8. The van der Waals surface area contributed by atoms with E-state index in [2.05, 4.69) is 0 Å². The fourth-order valence-corrected chi connectivity index (χ4v) is 5.06. The average molecular weight is 384 g/mol. The van der Waals surface area contributed by atoms with Crippen molar-refractivity contribution < 1.29 is 22.7 Å². The predicted molar refractivity (Wildman–Crippen MR) is 103 cm³/mol. The monoisotopic (exact) mass is 384 g/mol. The van der Waals surface area contributed by atoms with Gasteiger partial charge in [0.1, 0.15) is 11.9 Å². The Morgan fingerprint density at radius 2 is 1.63 bits per heavy atom. The molecule has 0 fully saturated rings. The summed E-state index contributed by atoms with van der Waals surface area (Å²) in [5, 5.41) is -2.43. The van der Waals surface area contributed by atoms with Crippen LogP contribution in [0.5, 0.6) is 0 Å². The maximum atomic E-state index is 13.0. The number of benzene rings is 2. The molecular formula is C21H20O5S. The second-order valence-corrected chi connectivity index (χ2v) is 8.49. The Hall–Kier alpha value is -2.73. The Morgan fingerprint density at radius 3 is 2.30 bits per heavy atom. The van der Waals surface area contributed by atoms with Crippen LogP contribution < -0.4 is 0 Å². The molecule has 0 aliphatic heterocycles. The van der Waals surface area contributed by atoms with Gasteiger partial charge in [0.05, 0.1) is 0 Å². The second kappa shape index (κ2) is 7.48. The Balaban J connectivity index is 1.94. The number of carbonyl (C=O) groups is 2. The van der Waals surface area contributed by atoms with Gasteiger partial charge in [0.25, 0.3) is 9.84 Å². The van der Waals surface area contributed by atoms with Crippen LogP contribution in [0, 0.1) is 5.92 Å². The Bertz CT molecular complexity index is 1010. The lowest BCUT2D eigenvalue weighted by molar-refractivity contribution is -0.114. The highest BCUT2D eigenvalue weighted by molar-refractivity contribution is 8.05. The van der Waals surface area contributed by atoms with E-state index in [1.54, 1.807) is 61.5 Å². The van der Waals surface area contributed by atoms with Gasteiger partial charge >= 0.3 is 5.30 Å². The standard InChI is InChI=1S/C21H20O5S/c1-14-19(15(2)22)12-17-10-6-7-11-18(17)20(14)27(24,25)21(23)26-13-16-8-4-3-5-9-16/h3-12,14,20H,13H2,1-2H3/t14-,20?/m1/s1. The fourth-order valence-electron chi connectivity index (χ4n) is 3.39. The van der Waals surface area contributed by atoms with Crippen molar-refractivity contribution in [3.8, 4) is 0 Å². The van der Waals surface area contributed by atoms with E-state index in [1.165, 1.54) is 6.92 Å². The molecule has 0 radical (unpaired) electrons. The summed E-state index contributed by atoms with van der Waals surface area (Å²) in [4.78, 5) is 24.4. The molecule has 0 aromatic heterocycles. The van der Waals surface area contributed by atoms with Gasteiger partial charge in [-0.2, -0.15) is 0 Å². The van der Waals surface area contributed by atoms with E-state index in [-0.39, 0.29) is 12.4 Å². The van der Waals surface area contributed by atoms with E-state index in [0.717, 1.165) is 0 Å². The van der Waals surface area contributed by atoms with Crippen LogP contribution in [0.2, 0.25) is 0 Å². The number of carbonyl (C=O) groups excluding carboxylic acids is 2. The molecule has 27 heavy (non-hydrogen) atoms. The summed E-state index contributed by atoms with van der Waals surface area (Å²) in [7, 11) is -4.32. The summed E-state index contributed by atoms with van der Waals surface area (Å²) in [5.74, 6) is -0.860. The zero-order chi connectivity index (χ0) is 19.6. The molecule has 0 saturated carbocycles. The van der Waals surface area contributed by atoms with Gasteiger partial charge in [-0.25, -0.2) is 13.2 Å². The summed E-state index contributed by atoms with van der Waals surface area (Å²) in [6, 6.07) is 15.8. The molecule has 3 rings (SSSR count). The first-order valence-corrected chi connectivity index (χ1v) is 10.1. The molecule has 2 aromatic rings. The van der Waals surface area contributed by atoms with Gasteiger partial charge < -0.3 is 4.74 Å². The normalized spacial score (nSPS) is 19.0. The quantitative estimate of drug-likeness (QED) is 0.742. The molecule has 1 aliphatic rings. The summed E-state index contributed by atoms with van der Waals surface area (Å²) < 4.78 is 31.1. The smallest absolute Gasteiger partial charge is 0.425 e. The molecule has 1 unspecified atom stereocenters. The third-order valence-electron chi connectivity index (χ3n) is 4.73. The van der Waals surface area contributed by atoms with Crippen molar-refractivity contribution in [3.05, 3.63) is 76.9 Å². The van der Waals surface area contributed by atoms with E-state index in [0.29, 0.717) is 22.3 Å². The van der Waals surface area contributed by atoms with Crippen molar-refractivity contribution in [2.75, 3.05) is 0 Å². The van der Waals surface area contributed by atoms with Crippen molar-refractivity contribution in [2.45, 2.75) is 25.7 Å². The van der Waals surface area contributed by atoms with Gasteiger partial charge in [-0.1, -0.05) is 61.5 Å². The van der Waals surface area contributed by atoms with Gasteiger partial charge in [-0.05, 0) is 35.3 Å². The molecule has 6 heteroatoms. The van der Waals surface area contributed by atoms with Gasteiger partial charge in [0.2, 0.25) is 0 Å². The van der Waals surface area contributed by atoms with Crippen LogP contribution in [0.15, 0.2) is 60.2 Å². The number of fused-ring (bicyclic) bond motifs is 1. The lowest BCUT2D eigenvalue weighted by Crippen LogP contribution is -2.32. The predicted octanol–water partition coefficient (Wildman–Crippen LogP) is 4.10. The number of Topliss-reactive ketones (excluding diaryl/α,β-unsaturated/α-hetero) is 1. The van der Waals surface area contributed by atoms with Crippen molar-refractivity contribution in [1.29, 1.82) is 0 Å². The molecule has 5 nitrogen and oxygen atoms in total. The number of allylic oxidation sites excluding steroid dienone is 1. The van der Waals surface area contributed by atoms with Crippen LogP contribution in [-0.2, 0) is 26.0 Å². The lowest BCUT2D eigenvalue weighted by Gasteiger charge is -2.30. The van der Waals surface area contributed by atoms with Gasteiger partial charge in [-0.15, -0.1) is 0 Å². The maximum Gasteiger partial charge on any atom is 0.425 e. The summed E-state index contributed by atoms with van der Waals surface area (Å²) in [6.45, 7) is 2.92. The van der Waals surface area contributed by atoms with Gasteiger partial charge in [-0.3, -0.25) is 4.79 Å². The van der Waals surface area contributed by atoms with E-state index >= 15 is 0 Å². The number of ketones is 1. The largest absolute Gasteiger partial charge is 0.449 e. The van der Waals surface area contributed by atoms with Crippen LogP contribution >= 0.6 is 0 Å². The van der Waals surface area contributed by atoms with Gasteiger partial charge in [0, 0.05) is 5.92 Å². The minimum absolute atomic E-state index is 0.128. The lowest BCUT2D eigenvalue weighted by atomic mass is 9.82. The van der Waals surface area contributed by atoms with Crippen LogP contribution in [0.4, 0.5) is 4.79 Å². The summed E-state index contributed by atoms with van der Waals surface area (Å²) >= 11 is 0. The topological polar surface area (TPSA) is 77.5 Å². The molecule has 0 heterocycles. The number of hydrogen-bond donors (Lipinski definition) is 0. The highest BCUT2D eigenvalue weighted by atomic mass is 32.2. The van der Waals surface area contributed by atoms with Crippen LogP contribution in [0.3, 0.4) is 0 Å². The van der Waals surface area contributed by atoms with E-state index in [1.807, 2.05) is 6.07 Å². The minimum atomic E-state index is -4.32. The van der Waals surface area contributed by atoms with Crippen LogP contribution in [0.1, 0.15) is 35.8 Å². The Kier molecular flexibility index (Phi) is 5.28. The third-order valence-corrected chi connectivity index (χ3v) is 6.64.